The van der Waals surface area contributed by atoms with Gasteiger partial charge in [0.2, 0.25) is 0 Å². The number of hydrogen-bond donors (Lipinski definition) is 1. The Kier molecular flexibility index (Phi) is 5.59. The number of amides is 1. The Bertz CT molecular complexity index is 691. The van der Waals surface area contributed by atoms with E-state index in [-0.39, 0.29) is 22.7 Å². The minimum atomic E-state index is -4.36. The minimum Gasteiger partial charge on any atom is -0.348 e. The fourth-order valence-electron chi connectivity index (χ4n) is 1.74. The Hall–Kier alpha value is -2.09. The molecule has 0 aliphatic heterocycles. The molecule has 1 aromatic carbocycles. The highest BCUT2D eigenvalue weighted by Gasteiger charge is 2.28. The van der Waals surface area contributed by atoms with E-state index < -0.39 is 23.7 Å². The maximum absolute atomic E-state index is 13.5. The van der Waals surface area contributed by atoms with Crippen molar-refractivity contribution in [3.63, 3.8) is 0 Å². The molecule has 0 spiro atoms. The first-order chi connectivity index (χ1) is 10.9. The third kappa shape index (κ3) is 5.24. The highest BCUT2D eigenvalue weighted by molar-refractivity contribution is 7.99. The summed E-state index contributed by atoms with van der Waals surface area (Å²) in [7, 11) is 0. The van der Waals surface area contributed by atoms with Crippen molar-refractivity contribution < 1.29 is 22.4 Å². The first-order valence-corrected chi connectivity index (χ1v) is 7.51. The van der Waals surface area contributed by atoms with Gasteiger partial charge in [0.15, 0.2) is 0 Å². The molecule has 0 bridgehead atoms. The molecule has 23 heavy (non-hydrogen) atoms. The van der Waals surface area contributed by atoms with Gasteiger partial charge < -0.3 is 5.32 Å². The largest absolute Gasteiger partial charge is 0.398 e. The van der Waals surface area contributed by atoms with Crippen LogP contribution in [0, 0.1) is 5.82 Å². The average molecular weight is 344 g/mol. The zero-order valence-corrected chi connectivity index (χ0v) is 12.5. The molecule has 0 atom stereocenters. The Morgan fingerprint density at radius 2 is 1.91 bits per heavy atom. The number of thioether (sulfide) groups is 1. The van der Waals surface area contributed by atoms with Crippen molar-refractivity contribution in [2.75, 3.05) is 5.75 Å². The molecule has 1 aromatic heterocycles. The van der Waals surface area contributed by atoms with Crippen LogP contribution in [-0.2, 0) is 6.54 Å². The summed E-state index contributed by atoms with van der Waals surface area (Å²) >= 11 is 0.436. The third-order valence-electron chi connectivity index (χ3n) is 2.79. The highest BCUT2D eigenvalue weighted by atomic mass is 32.2. The van der Waals surface area contributed by atoms with Gasteiger partial charge in [-0.15, -0.1) is 0 Å². The van der Waals surface area contributed by atoms with Crippen LogP contribution in [-0.4, -0.2) is 22.8 Å². The summed E-state index contributed by atoms with van der Waals surface area (Å²) in [4.78, 5) is 15.9. The number of aromatic nitrogens is 1. The fraction of sp³-hybridized carbons (Fsp3) is 0.200. The van der Waals surface area contributed by atoms with Gasteiger partial charge >= 0.3 is 6.18 Å². The number of pyridine rings is 1. The quantitative estimate of drug-likeness (QED) is 0.663. The van der Waals surface area contributed by atoms with Crippen LogP contribution < -0.4 is 5.32 Å². The zero-order valence-electron chi connectivity index (χ0n) is 11.7. The second-order valence-corrected chi connectivity index (χ2v) is 5.50. The van der Waals surface area contributed by atoms with Crippen LogP contribution in [0.3, 0.4) is 0 Å². The Morgan fingerprint density at radius 1 is 1.17 bits per heavy atom. The second kappa shape index (κ2) is 7.45. The first kappa shape index (κ1) is 17.3. The molecule has 2 rings (SSSR count). The van der Waals surface area contributed by atoms with Crippen molar-refractivity contribution >= 4 is 17.7 Å². The highest BCUT2D eigenvalue weighted by Crippen LogP contribution is 2.28. The lowest BCUT2D eigenvalue weighted by Crippen LogP contribution is -2.24. The summed E-state index contributed by atoms with van der Waals surface area (Å²) in [5.41, 5.74) is 0.312. The van der Waals surface area contributed by atoms with Gasteiger partial charge in [0.25, 0.3) is 5.91 Å². The van der Waals surface area contributed by atoms with E-state index in [1.54, 1.807) is 6.07 Å². The summed E-state index contributed by atoms with van der Waals surface area (Å²) in [6.07, 6.45) is -3.05. The van der Waals surface area contributed by atoms with E-state index >= 15 is 0 Å². The van der Waals surface area contributed by atoms with Crippen LogP contribution in [0.4, 0.5) is 17.6 Å². The van der Waals surface area contributed by atoms with Crippen molar-refractivity contribution in [3.8, 4) is 0 Å². The van der Waals surface area contributed by atoms with Crippen LogP contribution in [0.25, 0.3) is 0 Å². The normalized spacial score (nSPS) is 11.3. The van der Waals surface area contributed by atoms with Gasteiger partial charge in [0.05, 0.1) is 11.3 Å². The third-order valence-corrected chi connectivity index (χ3v) is 3.86. The summed E-state index contributed by atoms with van der Waals surface area (Å²) in [5, 5.41) is 2.46. The van der Waals surface area contributed by atoms with Gasteiger partial charge in [-0.1, -0.05) is 30.0 Å². The van der Waals surface area contributed by atoms with Gasteiger partial charge in [0, 0.05) is 18.3 Å². The summed E-state index contributed by atoms with van der Waals surface area (Å²) < 4.78 is 50.4. The number of hydrogen-bond acceptors (Lipinski definition) is 3. The number of rotatable bonds is 5. The van der Waals surface area contributed by atoms with E-state index in [9.17, 15) is 22.4 Å². The number of alkyl halides is 3. The smallest absolute Gasteiger partial charge is 0.348 e. The topological polar surface area (TPSA) is 42.0 Å². The van der Waals surface area contributed by atoms with Crippen LogP contribution in [0.1, 0.15) is 15.9 Å². The molecule has 0 fully saturated rings. The fourth-order valence-corrected chi connectivity index (χ4v) is 2.49. The van der Waals surface area contributed by atoms with Crippen molar-refractivity contribution in [3.05, 3.63) is 59.5 Å². The number of halogens is 4. The first-order valence-electron chi connectivity index (χ1n) is 6.53. The van der Waals surface area contributed by atoms with Crippen molar-refractivity contribution in [2.24, 2.45) is 0 Å². The molecule has 0 saturated carbocycles. The predicted octanol–water partition coefficient (Wildman–Crippen LogP) is 3.81. The van der Waals surface area contributed by atoms with E-state index in [1.165, 1.54) is 36.5 Å². The SMILES string of the molecule is O=C(NCc1ccccc1F)c1cccnc1SCC(F)(F)F. The second-order valence-electron chi connectivity index (χ2n) is 4.53. The molecule has 0 radical (unpaired) electrons. The van der Waals surface area contributed by atoms with Gasteiger partial charge in [0.1, 0.15) is 10.8 Å². The molecule has 0 aliphatic rings. The predicted molar refractivity (Wildman–Crippen MR) is 78.6 cm³/mol. The molecule has 1 N–H and O–H groups in total. The monoisotopic (exact) mass is 344 g/mol. The van der Waals surface area contributed by atoms with Crippen molar-refractivity contribution in [1.29, 1.82) is 0 Å². The van der Waals surface area contributed by atoms with Crippen LogP contribution in [0.5, 0.6) is 0 Å². The summed E-state index contributed by atoms with van der Waals surface area (Å²) in [6.45, 7) is -0.0657. The number of nitrogens with zero attached hydrogens (tertiary/aromatic N) is 1. The van der Waals surface area contributed by atoms with Crippen molar-refractivity contribution in [1.82, 2.24) is 10.3 Å². The molecule has 0 unspecified atom stereocenters. The number of carbonyl (C=O) groups is 1. The van der Waals surface area contributed by atoms with Gasteiger partial charge in [-0.2, -0.15) is 13.2 Å². The summed E-state index contributed by atoms with van der Waals surface area (Å²) in [6, 6.07) is 8.75. The molecular formula is C15H12F4N2OS. The zero-order chi connectivity index (χ0) is 16.9. The van der Waals surface area contributed by atoms with Crippen LogP contribution in [0.15, 0.2) is 47.6 Å². The minimum absolute atomic E-state index is 0.0177. The van der Waals surface area contributed by atoms with Gasteiger partial charge in [-0.05, 0) is 18.2 Å². The molecule has 8 heteroatoms. The molecule has 0 aliphatic carbocycles. The Balaban J connectivity index is 2.06. The van der Waals surface area contributed by atoms with E-state index in [1.807, 2.05) is 0 Å². The average Bonchev–Trinajstić information content (AvgIpc) is 2.51. The number of carbonyl (C=O) groups excluding carboxylic acids is 1. The Morgan fingerprint density at radius 3 is 2.61 bits per heavy atom. The maximum atomic E-state index is 13.5. The molecule has 1 heterocycles. The van der Waals surface area contributed by atoms with E-state index in [4.69, 9.17) is 0 Å². The standard InChI is InChI=1S/C15H12F4N2OS/c16-12-6-2-1-4-10(12)8-21-13(22)11-5-3-7-20-14(11)23-9-15(17,18)19/h1-7H,8-9H2,(H,21,22). The van der Waals surface area contributed by atoms with Gasteiger partial charge in [-0.3, -0.25) is 4.79 Å². The van der Waals surface area contributed by atoms with Crippen LogP contribution in [0.2, 0.25) is 0 Å². The number of nitrogens with one attached hydrogen (secondary N) is 1. The lowest BCUT2D eigenvalue weighted by Gasteiger charge is -2.10. The lowest BCUT2D eigenvalue weighted by molar-refractivity contribution is -0.105. The molecule has 0 saturated heterocycles. The van der Waals surface area contributed by atoms with Crippen molar-refractivity contribution in [2.45, 2.75) is 17.7 Å². The molecule has 3 nitrogen and oxygen atoms in total. The van der Waals surface area contributed by atoms with E-state index in [2.05, 4.69) is 10.3 Å². The molecule has 122 valence electrons. The molecule has 2 aromatic rings. The van der Waals surface area contributed by atoms with Gasteiger partial charge in [-0.25, -0.2) is 9.37 Å². The van der Waals surface area contributed by atoms with Crippen LogP contribution >= 0.6 is 11.8 Å². The molecule has 1 amide bonds. The Labute approximate surface area is 134 Å². The summed E-state index contributed by atoms with van der Waals surface area (Å²) in [5.74, 6) is -2.21. The maximum Gasteiger partial charge on any atom is 0.398 e. The van der Waals surface area contributed by atoms with E-state index in [0.717, 1.165) is 0 Å². The number of benzene rings is 1. The lowest BCUT2D eigenvalue weighted by atomic mass is 10.2. The molecular weight excluding hydrogens is 332 g/mol. The van der Waals surface area contributed by atoms with E-state index in [0.29, 0.717) is 11.8 Å².